The van der Waals surface area contributed by atoms with E-state index in [1.807, 2.05) is 0 Å². The molecule has 4 nitrogen and oxygen atoms in total. The predicted octanol–water partition coefficient (Wildman–Crippen LogP) is 2.31. The van der Waals surface area contributed by atoms with Crippen molar-refractivity contribution in [2.45, 2.75) is 45.5 Å². The van der Waals surface area contributed by atoms with Gasteiger partial charge < -0.3 is 9.47 Å². The van der Waals surface area contributed by atoms with Gasteiger partial charge in [0.15, 0.2) is 0 Å². The molecular weight excluding hydrogens is 246 g/mol. The maximum Gasteiger partial charge on any atom is 0.329 e. The molecule has 0 aliphatic heterocycles. The maximum atomic E-state index is 14.1. The minimum atomic E-state index is -3.41. The van der Waals surface area contributed by atoms with Gasteiger partial charge in [-0.3, -0.25) is 9.59 Å². The Morgan fingerprint density at radius 1 is 1.00 bits per heavy atom. The molecule has 1 fully saturated rings. The molecule has 0 N–H and O–H groups in total. The summed E-state index contributed by atoms with van der Waals surface area (Å²) < 4.78 is 37.5. The molecule has 1 rings (SSSR count). The van der Waals surface area contributed by atoms with Gasteiger partial charge in [0.25, 0.3) is 5.92 Å². The van der Waals surface area contributed by atoms with E-state index in [4.69, 9.17) is 0 Å². The molecule has 0 atom stereocenters. The van der Waals surface area contributed by atoms with Crippen LogP contribution in [0.1, 0.15) is 39.5 Å². The zero-order chi connectivity index (χ0) is 13.8. The number of rotatable bonds is 4. The third-order valence-corrected chi connectivity index (χ3v) is 3.16. The lowest BCUT2D eigenvalue weighted by atomic mass is 9.70. The predicted molar refractivity (Wildman–Crippen MR) is 59.1 cm³/mol. The average molecular weight is 264 g/mol. The van der Waals surface area contributed by atoms with Gasteiger partial charge in [-0.2, -0.15) is 0 Å². The molecule has 0 radical (unpaired) electrons. The number of alkyl halides is 2. The molecule has 1 aliphatic rings. The SMILES string of the molecule is CCOC(=O)C1(C(=O)OCC)CCCCC1(F)F. The smallest absolute Gasteiger partial charge is 0.329 e. The van der Waals surface area contributed by atoms with Crippen molar-refractivity contribution < 1.29 is 27.8 Å². The molecule has 0 saturated heterocycles. The summed E-state index contributed by atoms with van der Waals surface area (Å²) in [5.74, 6) is -5.76. The van der Waals surface area contributed by atoms with Crippen LogP contribution in [0.3, 0.4) is 0 Å². The van der Waals surface area contributed by atoms with E-state index in [-0.39, 0.29) is 26.1 Å². The summed E-state index contributed by atoms with van der Waals surface area (Å²) in [4.78, 5) is 23.7. The lowest BCUT2D eigenvalue weighted by Crippen LogP contribution is -2.56. The highest BCUT2D eigenvalue weighted by molar-refractivity contribution is 6.01. The Morgan fingerprint density at radius 2 is 1.44 bits per heavy atom. The van der Waals surface area contributed by atoms with Crippen molar-refractivity contribution in [3.63, 3.8) is 0 Å². The second kappa shape index (κ2) is 5.63. The number of ether oxygens (including phenoxy) is 2. The Bertz CT molecular complexity index is 310. The molecular formula is C12H18F2O4. The van der Waals surface area contributed by atoms with Gasteiger partial charge in [-0.15, -0.1) is 0 Å². The lowest BCUT2D eigenvalue weighted by molar-refractivity contribution is -0.210. The molecule has 0 unspecified atom stereocenters. The molecule has 1 saturated carbocycles. The zero-order valence-electron chi connectivity index (χ0n) is 10.6. The van der Waals surface area contributed by atoms with Crippen molar-refractivity contribution in [3.8, 4) is 0 Å². The van der Waals surface area contributed by atoms with Crippen LogP contribution in [0.15, 0.2) is 0 Å². The van der Waals surface area contributed by atoms with Crippen LogP contribution in [0.2, 0.25) is 0 Å². The Morgan fingerprint density at radius 3 is 1.83 bits per heavy atom. The first kappa shape index (κ1) is 14.9. The van der Waals surface area contributed by atoms with Crippen LogP contribution in [-0.2, 0) is 19.1 Å². The standard InChI is InChI=1S/C12H18F2O4/c1-3-17-9(15)11(10(16)18-4-2)7-5-6-8-12(11,13)14/h3-8H2,1-2H3. The molecule has 18 heavy (non-hydrogen) atoms. The van der Waals surface area contributed by atoms with Crippen molar-refractivity contribution in [2.75, 3.05) is 13.2 Å². The van der Waals surface area contributed by atoms with Crippen LogP contribution in [0.5, 0.6) is 0 Å². The summed E-state index contributed by atoms with van der Waals surface area (Å²) in [6, 6.07) is 0. The van der Waals surface area contributed by atoms with E-state index in [2.05, 4.69) is 9.47 Å². The van der Waals surface area contributed by atoms with Gasteiger partial charge in [0.1, 0.15) is 0 Å². The Labute approximate surface area is 105 Å². The summed E-state index contributed by atoms with van der Waals surface area (Å²) >= 11 is 0. The first-order valence-electron chi connectivity index (χ1n) is 6.14. The fourth-order valence-corrected chi connectivity index (χ4v) is 2.23. The highest BCUT2D eigenvalue weighted by Gasteiger charge is 2.67. The molecule has 104 valence electrons. The molecule has 0 heterocycles. The number of hydrogen-bond donors (Lipinski definition) is 0. The minimum absolute atomic E-state index is 0.0456. The third-order valence-electron chi connectivity index (χ3n) is 3.16. The van der Waals surface area contributed by atoms with E-state index >= 15 is 0 Å². The minimum Gasteiger partial charge on any atom is -0.465 e. The van der Waals surface area contributed by atoms with E-state index in [0.717, 1.165) is 0 Å². The van der Waals surface area contributed by atoms with Crippen molar-refractivity contribution in [3.05, 3.63) is 0 Å². The van der Waals surface area contributed by atoms with Gasteiger partial charge in [-0.25, -0.2) is 8.78 Å². The molecule has 1 aliphatic carbocycles. The van der Waals surface area contributed by atoms with Crippen LogP contribution < -0.4 is 0 Å². The summed E-state index contributed by atoms with van der Waals surface area (Å²) in [5.41, 5.74) is -2.46. The van der Waals surface area contributed by atoms with Crippen LogP contribution in [0.4, 0.5) is 8.78 Å². The fourth-order valence-electron chi connectivity index (χ4n) is 2.23. The summed E-state index contributed by atoms with van der Waals surface area (Å²) in [6.45, 7) is 2.93. The van der Waals surface area contributed by atoms with Crippen LogP contribution in [0, 0.1) is 5.41 Å². The Hall–Kier alpha value is -1.20. The zero-order valence-corrected chi connectivity index (χ0v) is 10.6. The summed E-state index contributed by atoms with van der Waals surface area (Å²) in [5, 5.41) is 0. The van der Waals surface area contributed by atoms with E-state index < -0.39 is 29.7 Å². The number of halogens is 2. The molecule has 0 bridgehead atoms. The maximum absolute atomic E-state index is 14.1. The molecule has 6 heteroatoms. The van der Waals surface area contributed by atoms with Crippen LogP contribution in [0.25, 0.3) is 0 Å². The molecule has 0 aromatic rings. The lowest BCUT2D eigenvalue weighted by Gasteiger charge is -2.39. The van der Waals surface area contributed by atoms with Crippen molar-refractivity contribution >= 4 is 11.9 Å². The van der Waals surface area contributed by atoms with Crippen molar-refractivity contribution in [1.29, 1.82) is 0 Å². The van der Waals surface area contributed by atoms with Gasteiger partial charge in [-0.1, -0.05) is 6.42 Å². The third kappa shape index (κ3) is 2.33. The van der Waals surface area contributed by atoms with Gasteiger partial charge >= 0.3 is 11.9 Å². The van der Waals surface area contributed by atoms with Gasteiger partial charge in [0.05, 0.1) is 13.2 Å². The van der Waals surface area contributed by atoms with Gasteiger partial charge in [-0.05, 0) is 26.7 Å². The largest absolute Gasteiger partial charge is 0.465 e. The number of hydrogen-bond acceptors (Lipinski definition) is 4. The van der Waals surface area contributed by atoms with Gasteiger partial charge in [0, 0.05) is 6.42 Å². The first-order valence-corrected chi connectivity index (χ1v) is 6.14. The van der Waals surface area contributed by atoms with E-state index in [1.54, 1.807) is 0 Å². The Kier molecular flexibility index (Phi) is 4.65. The number of esters is 2. The summed E-state index contributed by atoms with van der Waals surface area (Å²) in [7, 11) is 0. The molecule has 0 aromatic carbocycles. The van der Waals surface area contributed by atoms with Crippen molar-refractivity contribution in [1.82, 2.24) is 0 Å². The molecule has 0 spiro atoms. The normalized spacial score (nSPS) is 21.1. The highest BCUT2D eigenvalue weighted by Crippen LogP contribution is 2.50. The topological polar surface area (TPSA) is 52.6 Å². The molecule has 0 aromatic heterocycles. The summed E-state index contributed by atoms with van der Waals surface area (Å²) in [6.07, 6.45) is -0.0525. The number of carbonyl (C=O) groups is 2. The highest BCUT2D eigenvalue weighted by atomic mass is 19.3. The van der Waals surface area contributed by atoms with Crippen LogP contribution >= 0.6 is 0 Å². The Balaban J connectivity index is 3.14. The first-order chi connectivity index (χ1) is 8.42. The van der Waals surface area contributed by atoms with E-state index in [1.165, 1.54) is 13.8 Å². The van der Waals surface area contributed by atoms with E-state index in [0.29, 0.717) is 6.42 Å². The molecule has 0 amide bonds. The number of carbonyl (C=O) groups excluding carboxylic acids is 2. The fraction of sp³-hybridized carbons (Fsp3) is 0.833. The second-order valence-electron chi connectivity index (χ2n) is 4.26. The second-order valence-corrected chi connectivity index (χ2v) is 4.26. The van der Waals surface area contributed by atoms with Crippen molar-refractivity contribution in [2.24, 2.45) is 5.41 Å². The van der Waals surface area contributed by atoms with E-state index in [9.17, 15) is 18.4 Å². The quantitative estimate of drug-likeness (QED) is 0.577. The van der Waals surface area contributed by atoms with Gasteiger partial charge in [0.2, 0.25) is 5.41 Å². The van der Waals surface area contributed by atoms with Crippen LogP contribution in [-0.4, -0.2) is 31.1 Å². The monoisotopic (exact) mass is 264 g/mol. The average Bonchev–Trinajstić information content (AvgIpc) is 2.29.